The molecular formula is C22H30ClN3O. The summed E-state index contributed by atoms with van der Waals surface area (Å²) in [5.41, 5.74) is 0. The maximum absolute atomic E-state index is 6.29. The second-order valence-electron chi connectivity index (χ2n) is 7.67. The lowest BCUT2D eigenvalue weighted by molar-refractivity contribution is 0.109. The smallest absolute Gasteiger partial charge is 0.127 e. The van der Waals surface area contributed by atoms with E-state index in [1.165, 1.54) is 52.1 Å². The van der Waals surface area contributed by atoms with Crippen LogP contribution in [0.3, 0.4) is 0 Å². The second kappa shape index (κ2) is 9.24. The minimum atomic E-state index is 0.722. The van der Waals surface area contributed by atoms with Gasteiger partial charge in [-0.25, -0.2) is 0 Å². The van der Waals surface area contributed by atoms with Gasteiger partial charge in [-0.3, -0.25) is 9.80 Å². The molecule has 2 aliphatic heterocycles. The summed E-state index contributed by atoms with van der Waals surface area (Å²) >= 11 is 6.29. The quantitative estimate of drug-likeness (QED) is 0.722. The third kappa shape index (κ3) is 4.94. The van der Waals surface area contributed by atoms with Crippen LogP contribution in [0.25, 0.3) is 10.8 Å². The minimum absolute atomic E-state index is 0.722. The van der Waals surface area contributed by atoms with Gasteiger partial charge in [0.05, 0.1) is 0 Å². The highest BCUT2D eigenvalue weighted by Crippen LogP contribution is 2.31. The lowest BCUT2D eigenvalue weighted by atomic mass is 10.1. The van der Waals surface area contributed by atoms with Crippen LogP contribution in [0.15, 0.2) is 36.4 Å². The molecule has 2 aromatic rings. The van der Waals surface area contributed by atoms with Crippen molar-refractivity contribution in [2.24, 2.45) is 0 Å². The topological polar surface area (TPSA) is 19.0 Å². The summed E-state index contributed by atoms with van der Waals surface area (Å²) in [7, 11) is 0. The average molecular weight is 388 g/mol. The largest absolute Gasteiger partial charge is 0.492 e. The Morgan fingerprint density at radius 3 is 2.00 bits per heavy atom. The molecule has 5 heteroatoms. The molecule has 0 radical (unpaired) electrons. The number of hydrogen-bond acceptors (Lipinski definition) is 4. The van der Waals surface area contributed by atoms with Gasteiger partial charge in [0.1, 0.15) is 12.4 Å². The van der Waals surface area contributed by atoms with Gasteiger partial charge in [-0.1, -0.05) is 35.9 Å². The van der Waals surface area contributed by atoms with Gasteiger partial charge >= 0.3 is 0 Å². The normalized spacial score (nSPS) is 19.7. The number of ether oxygens (including phenoxy) is 1. The predicted molar refractivity (Wildman–Crippen MR) is 113 cm³/mol. The fourth-order valence-electron chi connectivity index (χ4n) is 4.17. The molecule has 0 bridgehead atoms. The molecule has 0 aromatic heterocycles. The van der Waals surface area contributed by atoms with E-state index in [-0.39, 0.29) is 0 Å². The molecule has 2 heterocycles. The van der Waals surface area contributed by atoms with E-state index >= 15 is 0 Å². The van der Waals surface area contributed by atoms with E-state index in [1.54, 1.807) is 0 Å². The zero-order valence-corrected chi connectivity index (χ0v) is 16.8. The maximum Gasteiger partial charge on any atom is 0.127 e. The van der Waals surface area contributed by atoms with E-state index in [4.69, 9.17) is 16.3 Å². The highest BCUT2D eigenvalue weighted by molar-refractivity contribution is 6.35. The van der Waals surface area contributed by atoms with Crippen LogP contribution in [0.5, 0.6) is 5.75 Å². The van der Waals surface area contributed by atoms with Gasteiger partial charge in [0.25, 0.3) is 0 Å². The fourth-order valence-corrected chi connectivity index (χ4v) is 4.40. The minimum Gasteiger partial charge on any atom is -0.492 e. The van der Waals surface area contributed by atoms with Crippen LogP contribution in [0.2, 0.25) is 5.02 Å². The molecule has 2 saturated heterocycles. The Labute approximate surface area is 167 Å². The van der Waals surface area contributed by atoms with Crippen molar-refractivity contribution in [1.29, 1.82) is 0 Å². The number of rotatable bonds is 7. The summed E-state index contributed by atoms with van der Waals surface area (Å²) < 4.78 is 6.10. The Morgan fingerprint density at radius 2 is 1.30 bits per heavy atom. The van der Waals surface area contributed by atoms with Crippen molar-refractivity contribution < 1.29 is 4.74 Å². The van der Waals surface area contributed by atoms with Crippen molar-refractivity contribution in [2.45, 2.75) is 12.8 Å². The van der Waals surface area contributed by atoms with Crippen molar-refractivity contribution in [1.82, 2.24) is 14.7 Å². The van der Waals surface area contributed by atoms with Crippen LogP contribution < -0.4 is 4.74 Å². The first-order valence-corrected chi connectivity index (χ1v) is 10.6. The van der Waals surface area contributed by atoms with Crippen molar-refractivity contribution in [3.63, 3.8) is 0 Å². The zero-order chi connectivity index (χ0) is 18.5. The maximum atomic E-state index is 6.29. The molecule has 2 fully saturated rings. The Balaban J connectivity index is 1.20. The van der Waals surface area contributed by atoms with E-state index in [1.807, 2.05) is 30.3 Å². The SMILES string of the molecule is Clc1ccc(OCCN2CCN(CCN3CCCC3)CC2)c2ccccc12. The summed E-state index contributed by atoms with van der Waals surface area (Å²) in [6, 6.07) is 12.1. The Bertz CT molecular complexity index is 739. The van der Waals surface area contributed by atoms with Gasteiger partial charge in [0, 0.05) is 61.6 Å². The molecule has 0 atom stereocenters. The summed E-state index contributed by atoms with van der Waals surface area (Å²) in [6.07, 6.45) is 2.77. The summed E-state index contributed by atoms with van der Waals surface area (Å²) in [5.74, 6) is 0.930. The molecule has 4 rings (SSSR count). The fraction of sp³-hybridized carbons (Fsp3) is 0.545. The van der Waals surface area contributed by atoms with Gasteiger partial charge in [0.15, 0.2) is 0 Å². The molecule has 0 spiro atoms. The number of likely N-dealkylation sites (tertiary alicyclic amines) is 1. The van der Waals surface area contributed by atoms with Gasteiger partial charge in [-0.2, -0.15) is 0 Å². The van der Waals surface area contributed by atoms with Crippen LogP contribution in [-0.2, 0) is 0 Å². The first-order valence-electron chi connectivity index (χ1n) is 10.3. The van der Waals surface area contributed by atoms with E-state index in [0.29, 0.717) is 0 Å². The summed E-state index contributed by atoms with van der Waals surface area (Å²) in [4.78, 5) is 7.74. The molecule has 2 aliphatic rings. The highest BCUT2D eigenvalue weighted by Gasteiger charge is 2.18. The standard InChI is InChI=1S/C22H30ClN3O/c23-21-7-8-22(20-6-2-1-5-19(20)21)27-18-17-26-15-13-25(14-16-26)12-11-24-9-3-4-10-24/h1-2,5-8H,3-4,9-18H2. The van der Waals surface area contributed by atoms with E-state index in [9.17, 15) is 0 Å². The van der Waals surface area contributed by atoms with Crippen LogP contribution in [0.4, 0.5) is 0 Å². The molecule has 2 aromatic carbocycles. The Hall–Kier alpha value is -1.33. The van der Waals surface area contributed by atoms with E-state index in [0.717, 1.165) is 47.8 Å². The number of nitrogens with zero attached hydrogens (tertiary/aromatic N) is 3. The molecule has 4 nitrogen and oxygen atoms in total. The van der Waals surface area contributed by atoms with Crippen molar-refractivity contribution in [3.05, 3.63) is 41.4 Å². The first kappa shape index (κ1) is 19.0. The third-order valence-electron chi connectivity index (χ3n) is 5.89. The Kier molecular flexibility index (Phi) is 6.51. The highest BCUT2D eigenvalue weighted by atomic mass is 35.5. The number of benzene rings is 2. The van der Waals surface area contributed by atoms with Crippen molar-refractivity contribution in [3.8, 4) is 5.75 Å². The van der Waals surface area contributed by atoms with E-state index < -0.39 is 0 Å². The average Bonchev–Trinajstić information content (AvgIpc) is 3.23. The lowest BCUT2D eigenvalue weighted by Crippen LogP contribution is -2.49. The van der Waals surface area contributed by atoms with Gasteiger partial charge < -0.3 is 9.64 Å². The molecular weight excluding hydrogens is 358 g/mol. The van der Waals surface area contributed by atoms with Crippen LogP contribution in [-0.4, -0.2) is 80.2 Å². The number of fused-ring (bicyclic) bond motifs is 1. The van der Waals surface area contributed by atoms with Gasteiger partial charge in [-0.15, -0.1) is 0 Å². The monoisotopic (exact) mass is 387 g/mol. The van der Waals surface area contributed by atoms with Crippen molar-refractivity contribution >= 4 is 22.4 Å². The second-order valence-corrected chi connectivity index (χ2v) is 8.08. The molecule has 0 aliphatic carbocycles. The number of hydrogen-bond donors (Lipinski definition) is 0. The molecule has 27 heavy (non-hydrogen) atoms. The predicted octanol–water partition coefficient (Wildman–Crippen LogP) is 3.59. The van der Waals surface area contributed by atoms with Crippen LogP contribution in [0, 0.1) is 0 Å². The van der Waals surface area contributed by atoms with Crippen LogP contribution >= 0.6 is 11.6 Å². The van der Waals surface area contributed by atoms with E-state index in [2.05, 4.69) is 20.8 Å². The molecule has 0 amide bonds. The molecule has 0 unspecified atom stereocenters. The summed E-state index contributed by atoms with van der Waals surface area (Å²) in [6.45, 7) is 11.4. The molecule has 146 valence electrons. The first-order chi connectivity index (χ1) is 13.3. The van der Waals surface area contributed by atoms with Crippen molar-refractivity contribution in [2.75, 3.05) is 65.5 Å². The Morgan fingerprint density at radius 1 is 0.704 bits per heavy atom. The zero-order valence-electron chi connectivity index (χ0n) is 16.1. The number of piperazine rings is 1. The van der Waals surface area contributed by atoms with Gasteiger partial charge in [-0.05, 0) is 38.1 Å². The lowest BCUT2D eigenvalue weighted by Gasteiger charge is -2.35. The van der Waals surface area contributed by atoms with Gasteiger partial charge in [0.2, 0.25) is 0 Å². The molecule has 0 saturated carbocycles. The van der Waals surface area contributed by atoms with Crippen LogP contribution in [0.1, 0.15) is 12.8 Å². The number of halogens is 1. The molecule has 0 N–H and O–H groups in total. The third-order valence-corrected chi connectivity index (χ3v) is 6.22. The summed E-state index contributed by atoms with van der Waals surface area (Å²) in [5, 5.41) is 2.93.